The monoisotopic (exact) mass is 176 g/mol. The lowest BCUT2D eigenvalue weighted by atomic mass is 10.2. The van der Waals surface area contributed by atoms with E-state index >= 15 is 0 Å². The Hall–Kier alpha value is -1.89. The summed E-state index contributed by atoms with van der Waals surface area (Å²) in [5, 5.41) is 16.8. The first-order valence-electron chi connectivity index (χ1n) is 3.75. The maximum Gasteiger partial charge on any atom is 0.307 e. The molecule has 13 heavy (non-hydrogen) atoms. The average Bonchev–Trinajstić information content (AvgIpc) is 2.08. The zero-order valence-electron chi connectivity index (χ0n) is 6.90. The average molecular weight is 176 g/mol. The van der Waals surface area contributed by atoms with Gasteiger partial charge in [-0.1, -0.05) is 6.07 Å². The fourth-order valence-electron chi connectivity index (χ4n) is 0.920. The van der Waals surface area contributed by atoms with Crippen molar-refractivity contribution >= 4 is 5.97 Å². The van der Waals surface area contributed by atoms with E-state index in [0.717, 1.165) is 0 Å². The predicted molar refractivity (Wildman–Crippen MR) is 44.9 cm³/mol. The molecule has 1 aromatic rings. The molecule has 0 aromatic carbocycles. The second kappa shape index (κ2) is 4.21. The SMILES string of the molecule is N#CCc1ccc(CC(=O)O)cn1. The van der Waals surface area contributed by atoms with Crippen molar-refractivity contribution in [2.24, 2.45) is 0 Å². The van der Waals surface area contributed by atoms with Crippen LogP contribution in [0.2, 0.25) is 0 Å². The standard InChI is InChI=1S/C9H8N2O2/c10-4-3-8-2-1-7(6-11-8)5-9(12)13/h1-2,6H,3,5H2,(H,12,13). The lowest BCUT2D eigenvalue weighted by molar-refractivity contribution is -0.136. The lowest BCUT2D eigenvalue weighted by Crippen LogP contribution is -2.00. The molecule has 4 heteroatoms. The van der Waals surface area contributed by atoms with Crippen LogP contribution in [-0.2, 0) is 17.6 Å². The van der Waals surface area contributed by atoms with Crippen LogP contribution in [0.3, 0.4) is 0 Å². The van der Waals surface area contributed by atoms with E-state index in [0.29, 0.717) is 11.3 Å². The van der Waals surface area contributed by atoms with Crippen molar-refractivity contribution in [3.63, 3.8) is 0 Å². The highest BCUT2D eigenvalue weighted by Crippen LogP contribution is 2.01. The third-order valence-electron chi connectivity index (χ3n) is 1.50. The Bertz CT molecular complexity index is 338. The quantitative estimate of drug-likeness (QED) is 0.738. The number of carbonyl (C=O) groups is 1. The summed E-state index contributed by atoms with van der Waals surface area (Å²) in [6.07, 6.45) is 1.72. The van der Waals surface area contributed by atoms with Crippen LogP contribution < -0.4 is 0 Å². The zero-order chi connectivity index (χ0) is 9.68. The number of carboxylic acids is 1. The summed E-state index contributed by atoms with van der Waals surface area (Å²) in [6, 6.07) is 5.31. The Kier molecular flexibility index (Phi) is 2.98. The molecule has 66 valence electrons. The summed E-state index contributed by atoms with van der Waals surface area (Å²) < 4.78 is 0. The molecule has 0 unspecified atom stereocenters. The molecule has 0 saturated carbocycles. The molecule has 0 fully saturated rings. The molecule has 4 nitrogen and oxygen atoms in total. The van der Waals surface area contributed by atoms with Crippen molar-refractivity contribution in [2.45, 2.75) is 12.8 Å². The molecule has 0 aliphatic carbocycles. The van der Waals surface area contributed by atoms with Crippen LogP contribution in [0.4, 0.5) is 0 Å². The van der Waals surface area contributed by atoms with E-state index in [1.54, 1.807) is 12.1 Å². The van der Waals surface area contributed by atoms with Gasteiger partial charge in [-0.15, -0.1) is 0 Å². The van der Waals surface area contributed by atoms with Crippen LogP contribution in [0.15, 0.2) is 18.3 Å². The number of nitriles is 1. The first-order valence-corrected chi connectivity index (χ1v) is 3.75. The predicted octanol–water partition coefficient (Wildman–Crippen LogP) is 0.775. The van der Waals surface area contributed by atoms with Gasteiger partial charge in [0.2, 0.25) is 0 Å². The van der Waals surface area contributed by atoms with Gasteiger partial charge >= 0.3 is 5.97 Å². The molecule has 0 atom stereocenters. The summed E-state index contributed by atoms with van der Waals surface area (Å²) in [6.45, 7) is 0. The van der Waals surface area contributed by atoms with Gasteiger partial charge in [0.15, 0.2) is 0 Å². The zero-order valence-corrected chi connectivity index (χ0v) is 6.90. The van der Waals surface area contributed by atoms with Crippen LogP contribution in [0, 0.1) is 11.3 Å². The molecule has 1 rings (SSSR count). The van der Waals surface area contributed by atoms with E-state index in [9.17, 15) is 4.79 Å². The number of hydrogen-bond acceptors (Lipinski definition) is 3. The minimum absolute atomic E-state index is 0.0279. The van der Waals surface area contributed by atoms with E-state index in [-0.39, 0.29) is 12.8 Å². The van der Waals surface area contributed by atoms with Crippen molar-refractivity contribution in [3.05, 3.63) is 29.6 Å². The summed E-state index contributed by atoms with van der Waals surface area (Å²) in [7, 11) is 0. The minimum atomic E-state index is -0.880. The Labute approximate surface area is 75.5 Å². The normalized spacial score (nSPS) is 9.15. The van der Waals surface area contributed by atoms with Crippen molar-refractivity contribution in [1.82, 2.24) is 4.98 Å². The Morgan fingerprint density at radius 2 is 2.38 bits per heavy atom. The number of nitrogens with zero attached hydrogens (tertiary/aromatic N) is 2. The van der Waals surface area contributed by atoms with Crippen molar-refractivity contribution in [1.29, 1.82) is 5.26 Å². The van der Waals surface area contributed by atoms with E-state index in [2.05, 4.69) is 4.98 Å². The molecule has 1 N–H and O–H groups in total. The summed E-state index contributed by atoms with van der Waals surface area (Å²) in [5.41, 5.74) is 1.31. The molecule has 0 bridgehead atoms. The molecule has 0 spiro atoms. The first kappa shape index (κ1) is 9.20. The smallest absolute Gasteiger partial charge is 0.307 e. The molecule has 0 radical (unpaired) electrons. The van der Waals surface area contributed by atoms with Crippen LogP contribution in [0.1, 0.15) is 11.3 Å². The van der Waals surface area contributed by atoms with Gasteiger partial charge in [-0.3, -0.25) is 9.78 Å². The molecule has 1 aromatic heterocycles. The van der Waals surface area contributed by atoms with Gasteiger partial charge in [0.25, 0.3) is 0 Å². The highest BCUT2D eigenvalue weighted by atomic mass is 16.4. The van der Waals surface area contributed by atoms with E-state index < -0.39 is 5.97 Å². The fraction of sp³-hybridized carbons (Fsp3) is 0.222. The highest BCUT2D eigenvalue weighted by molar-refractivity contribution is 5.69. The maximum atomic E-state index is 10.3. The summed E-state index contributed by atoms with van der Waals surface area (Å²) in [5.74, 6) is -0.880. The second-order valence-corrected chi connectivity index (χ2v) is 2.56. The Morgan fingerprint density at radius 3 is 2.85 bits per heavy atom. The van der Waals surface area contributed by atoms with Gasteiger partial charge in [0, 0.05) is 6.20 Å². The molecule has 1 heterocycles. The molecular formula is C9H8N2O2. The molecule has 0 amide bonds. The van der Waals surface area contributed by atoms with Gasteiger partial charge in [0.05, 0.1) is 24.6 Å². The maximum absolute atomic E-state index is 10.3. The number of carboxylic acid groups (broad SMARTS) is 1. The summed E-state index contributed by atoms with van der Waals surface area (Å²) >= 11 is 0. The van der Waals surface area contributed by atoms with Gasteiger partial charge < -0.3 is 5.11 Å². The Morgan fingerprint density at radius 1 is 1.62 bits per heavy atom. The topological polar surface area (TPSA) is 74.0 Å². The van der Waals surface area contributed by atoms with Gasteiger partial charge in [0.1, 0.15) is 0 Å². The molecule has 0 aliphatic rings. The minimum Gasteiger partial charge on any atom is -0.481 e. The molecular weight excluding hydrogens is 168 g/mol. The highest BCUT2D eigenvalue weighted by Gasteiger charge is 2.00. The van der Waals surface area contributed by atoms with E-state index in [1.807, 2.05) is 6.07 Å². The van der Waals surface area contributed by atoms with Crippen molar-refractivity contribution in [3.8, 4) is 6.07 Å². The molecule has 0 aliphatic heterocycles. The number of aliphatic carboxylic acids is 1. The molecule has 0 saturated heterocycles. The first-order chi connectivity index (χ1) is 6.22. The van der Waals surface area contributed by atoms with Crippen LogP contribution in [0.25, 0.3) is 0 Å². The van der Waals surface area contributed by atoms with Gasteiger partial charge in [-0.25, -0.2) is 0 Å². The Balaban J connectivity index is 2.70. The van der Waals surface area contributed by atoms with Crippen LogP contribution >= 0.6 is 0 Å². The van der Waals surface area contributed by atoms with Crippen molar-refractivity contribution in [2.75, 3.05) is 0 Å². The second-order valence-electron chi connectivity index (χ2n) is 2.56. The van der Waals surface area contributed by atoms with E-state index in [4.69, 9.17) is 10.4 Å². The number of pyridine rings is 1. The third kappa shape index (κ3) is 2.91. The third-order valence-corrected chi connectivity index (χ3v) is 1.50. The lowest BCUT2D eigenvalue weighted by Gasteiger charge is -1.96. The van der Waals surface area contributed by atoms with Crippen LogP contribution in [0.5, 0.6) is 0 Å². The van der Waals surface area contributed by atoms with E-state index in [1.165, 1.54) is 6.20 Å². The number of hydrogen-bond donors (Lipinski definition) is 1. The van der Waals surface area contributed by atoms with Crippen LogP contribution in [-0.4, -0.2) is 16.1 Å². The number of aromatic nitrogens is 1. The van der Waals surface area contributed by atoms with Crippen molar-refractivity contribution < 1.29 is 9.90 Å². The summed E-state index contributed by atoms with van der Waals surface area (Å²) in [4.78, 5) is 14.2. The fourth-order valence-corrected chi connectivity index (χ4v) is 0.920. The van der Waals surface area contributed by atoms with Gasteiger partial charge in [-0.05, 0) is 11.6 Å². The number of rotatable bonds is 3. The van der Waals surface area contributed by atoms with Gasteiger partial charge in [-0.2, -0.15) is 5.26 Å². The largest absolute Gasteiger partial charge is 0.481 e.